The molecule has 0 bridgehead atoms. The number of hydrogen-bond acceptors (Lipinski definition) is 3. The molecule has 340 valence electrons. The van der Waals surface area contributed by atoms with Crippen molar-refractivity contribution in [3.8, 4) is 78.6 Å². The number of phenolic OH excluding ortho intramolecular Hbond substituents is 1. The number of benzene rings is 7. The van der Waals surface area contributed by atoms with E-state index in [1.807, 2.05) is 126 Å². The molecular weight excluding hydrogens is 998 g/mol. The van der Waals surface area contributed by atoms with Crippen LogP contribution in [0.3, 0.4) is 0 Å². The van der Waals surface area contributed by atoms with Crippen LogP contribution in [-0.4, -0.2) is 19.6 Å². The third-order valence-corrected chi connectivity index (χ3v) is 12.6. The van der Waals surface area contributed by atoms with E-state index in [0.29, 0.717) is 39.4 Å². The van der Waals surface area contributed by atoms with Gasteiger partial charge in [-0.15, -0.1) is 29.3 Å². The number of aromatic nitrogens is 3. The van der Waals surface area contributed by atoms with Crippen LogP contribution in [0.4, 0.5) is 0 Å². The Morgan fingerprint density at radius 2 is 1.15 bits per heavy atom. The molecule has 0 fully saturated rings. The second-order valence-corrected chi connectivity index (χ2v) is 20.5. The summed E-state index contributed by atoms with van der Waals surface area (Å²) in [4.78, 5) is 10.4. The van der Waals surface area contributed by atoms with Crippen LogP contribution in [0.15, 0.2) is 158 Å². The predicted molar refractivity (Wildman–Crippen MR) is 278 cm³/mol. The molecule has 0 spiro atoms. The minimum absolute atomic E-state index is 0. The largest absolute Gasteiger partial charge is 0.507 e. The normalized spacial score (nSPS) is 13.7. The van der Waals surface area contributed by atoms with Gasteiger partial charge >= 0.3 is 0 Å². The summed E-state index contributed by atoms with van der Waals surface area (Å²) in [6, 6.07) is 52.3. The fourth-order valence-electron chi connectivity index (χ4n) is 8.72. The van der Waals surface area contributed by atoms with Gasteiger partial charge in [0.2, 0.25) is 0 Å². The van der Waals surface area contributed by atoms with Crippen LogP contribution in [0.1, 0.15) is 98.4 Å². The third-order valence-electron chi connectivity index (χ3n) is 12.6. The van der Waals surface area contributed by atoms with Gasteiger partial charge in [-0.25, -0.2) is 4.98 Å². The summed E-state index contributed by atoms with van der Waals surface area (Å²) in [5, 5.41) is 12.5. The van der Waals surface area contributed by atoms with Gasteiger partial charge < -0.3 is 5.11 Å². The summed E-state index contributed by atoms with van der Waals surface area (Å²) < 4.78 is 53.8. The molecule has 0 aliphatic rings. The molecule has 7 aromatic carbocycles. The van der Waals surface area contributed by atoms with Gasteiger partial charge in [0.15, 0.2) is 0 Å². The quantitative estimate of drug-likeness (QED) is 0.162. The van der Waals surface area contributed by atoms with Gasteiger partial charge in [-0.1, -0.05) is 177 Å². The van der Waals surface area contributed by atoms with Gasteiger partial charge in [0.1, 0.15) is 11.6 Å². The molecule has 0 unspecified atom stereocenters. The van der Waals surface area contributed by atoms with Crippen LogP contribution in [0.5, 0.6) is 5.75 Å². The number of fused-ring (bicyclic) bond motifs is 1. The van der Waals surface area contributed by atoms with Crippen LogP contribution in [0.2, 0.25) is 0 Å². The zero-order valence-corrected chi connectivity index (χ0v) is 41.9. The SMILES string of the molecule is [2H]C([2H])([2H])c1ccc(-c2ccnc(-c3[c-]c(-c4cccc5c4nc(-c4cc(C(C)(C)C)cc(C(C)(C)C)c4O)n5-c4ccc(-c5ccccc5)cc4C([2H])([2H])[2H])cc(C(C)(C)C)c3)c2)cc1-c1ccccc1.[Pt]. The maximum atomic E-state index is 12.5. The Bertz CT molecular complexity index is 3500. The van der Waals surface area contributed by atoms with E-state index in [-0.39, 0.29) is 48.8 Å². The number of pyridine rings is 1. The van der Waals surface area contributed by atoms with Crippen molar-refractivity contribution < 1.29 is 34.4 Å². The second kappa shape index (κ2) is 18.0. The predicted octanol–water partition coefficient (Wildman–Crippen LogP) is 16.4. The summed E-state index contributed by atoms with van der Waals surface area (Å²) >= 11 is 0. The van der Waals surface area contributed by atoms with E-state index in [9.17, 15) is 5.11 Å². The first-order chi connectivity index (χ1) is 33.8. The number of aromatic hydroxyl groups is 1. The first kappa shape index (κ1) is 39.8. The van der Waals surface area contributed by atoms with Crippen molar-refractivity contribution in [2.75, 3.05) is 0 Å². The Morgan fingerprint density at radius 1 is 0.522 bits per heavy atom. The Hall–Kier alpha value is -6.35. The minimum atomic E-state index is -2.52. The van der Waals surface area contributed by atoms with Gasteiger partial charge in [-0.05, 0) is 116 Å². The smallest absolute Gasteiger partial charge is 0.148 e. The maximum absolute atomic E-state index is 12.5. The summed E-state index contributed by atoms with van der Waals surface area (Å²) in [5.74, 6) is 0.494. The molecule has 4 nitrogen and oxygen atoms in total. The van der Waals surface area contributed by atoms with Gasteiger partial charge in [-0.2, -0.15) is 0 Å². The maximum Gasteiger partial charge on any atom is 0.148 e. The molecule has 1 N–H and O–H groups in total. The minimum Gasteiger partial charge on any atom is -0.507 e. The third kappa shape index (κ3) is 9.34. The van der Waals surface area contributed by atoms with E-state index in [1.165, 1.54) is 0 Å². The van der Waals surface area contributed by atoms with E-state index in [1.54, 1.807) is 18.3 Å². The summed E-state index contributed by atoms with van der Waals surface area (Å²) in [7, 11) is 0. The number of hydrogen-bond donors (Lipinski definition) is 1. The summed E-state index contributed by atoms with van der Waals surface area (Å²) in [6.07, 6.45) is 1.77. The number of nitrogens with zero attached hydrogens (tertiary/aromatic N) is 3. The zero-order valence-electron chi connectivity index (χ0n) is 45.6. The molecule has 2 aromatic heterocycles. The molecule has 5 heteroatoms. The average molecular weight is 1060 g/mol. The monoisotopic (exact) mass is 1060 g/mol. The first-order valence-electron chi connectivity index (χ1n) is 25.6. The molecule has 0 saturated heterocycles. The summed E-state index contributed by atoms with van der Waals surface area (Å²) in [5.41, 5.74) is 12.2. The van der Waals surface area contributed by atoms with Gasteiger partial charge in [-0.3, -0.25) is 9.55 Å². The van der Waals surface area contributed by atoms with Gasteiger partial charge in [0.05, 0.1) is 22.3 Å². The van der Waals surface area contributed by atoms with Crippen molar-refractivity contribution in [1.82, 2.24) is 14.5 Å². The molecule has 0 radical (unpaired) electrons. The molecule has 9 rings (SSSR count). The van der Waals surface area contributed by atoms with Gasteiger partial charge in [0, 0.05) is 46.7 Å². The van der Waals surface area contributed by atoms with Crippen molar-refractivity contribution in [3.05, 3.63) is 192 Å². The number of aryl methyl sites for hydroxylation is 2. The van der Waals surface area contributed by atoms with Crippen LogP contribution < -0.4 is 0 Å². The van der Waals surface area contributed by atoms with Crippen molar-refractivity contribution in [1.29, 1.82) is 0 Å². The van der Waals surface area contributed by atoms with E-state index in [0.717, 1.165) is 61.2 Å². The van der Waals surface area contributed by atoms with Crippen molar-refractivity contribution in [3.63, 3.8) is 0 Å². The molecule has 0 saturated carbocycles. The Labute approximate surface area is 420 Å². The van der Waals surface area contributed by atoms with Crippen molar-refractivity contribution in [2.45, 2.75) is 92.3 Å². The van der Waals surface area contributed by atoms with Crippen LogP contribution in [-0.2, 0) is 37.3 Å². The molecule has 9 aromatic rings. The van der Waals surface area contributed by atoms with E-state index in [2.05, 4.69) is 86.6 Å². The van der Waals surface area contributed by atoms with Gasteiger partial charge in [0.25, 0.3) is 0 Å². The molecule has 0 amide bonds. The zero-order chi connectivity index (χ0) is 51.7. The standard InChI is InChI=1S/C62H60N3O.Pt/c1-39-25-26-44(35-51(39)42-21-16-13-17-22-42)45-29-30-63-54(36-45)47-32-46(33-48(34-47)60(3,4)5)50-23-18-24-56-57(50)64-59(52-37-49(61(6,7)8)38-53(58(52)66)62(9,10)11)65(56)55-28-27-43(31-40(55)2)41-19-14-12-15-20-41;/h12-31,33-38,66H,1-11H3;/q-1;/i1D3,2D3;. The molecule has 0 atom stereocenters. The van der Waals surface area contributed by atoms with E-state index < -0.39 is 19.1 Å². The summed E-state index contributed by atoms with van der Waals surface area (Å²) in [6.45, 7) is 14.3. The van der Waals surface area contributed by atoms with Crippen molar-refractivity contribution >= 4 is 11.0 Å². The molecule has 67 heavy (non-hydrogen) atoms. The van der Waals surface area contributed by atoms with Crippen LogP contribution in [0.25, 0.3) is 83.9 Å². The number of rotatable bonds is 7. The average Bonchev–Trinajstić information content (AvgIpc) is 3.72. The van der Waals surface area contributed by atoms with Crippen LogP contribution in [0, 0.1) is 19.8 Å². The number of para-hydroxylation sites is 1. The van der Waals surface area contributed by atoms with E-state index in [4.69, 9.17) is 18.2 Å². The molecular formula is C62H60N3OPt-. The fraction of sp³-hybridized carbons (Fsp3) is 0.226. The first-order valence-corrected chi connectivity index (χ1v) is 22.6. The van der Waals surface area contributed by atoms with Crippen molar-refractivity contribution in [2.24, 2.45) is 0 Å². The number of phenols is 1. The fourth-order valence-corrected chi connectivity index (χ4v) is 8.72. The Morgan fingerprint density at radius 3 is 1.82 bits per heavy atom. The molecule has 0 aliphatic heterocycles. The second-order valence-electron chi connectivity index (χ2n) is 20.5. The Balaban J connectivity index is 0.00000711. The number of imidazole rings is 1. The molecule has 2 heterocycles. The molecule has 0 aliphatic carbocycles. The van der Waals surface area contributed by atoms with E-state index >= 15 is 0 Å². The topological polar surface area (TPSA) is 50.9 Å². The van der Waals surface area contributed by atoms with Crippen LogP contribution >= 0.6 is 0 Å². The Kier molecular flexibility index (Phi) is 10.7.